The lowest BCUT2D eigenvalue weighted by Gasteiger charge is -2.35. The van der Waals surface area contributed by atoms with Crippen LogP contribution in [0.5, 0.6) is 5.75 Å². The van der Waals surface area contributed by atoms with Gasteiger partial charge in [0.1, 0.15) is 17.2 Å². The number of benzene rings is 1. The smallest absolute Gasteiger partial charge is 0.422 e. The number of hydrogen-bond acceptors (Lipinski definition) is 4. The normalized spacial score (nSPS) is 17.7. The molecule has 5 nitrogen and oxygen atoms in total. The number of hydrogen-bond donors (Lipinski definition) is 0. The van der Waals surface area contributed by atoms with E-state index in [-0.39, 0.29) is 41.7 Å². The molecule has 5 rings (SSSR count). The Kier molecular flexibility index (Phi) is 5.41. The average Bonchev–Trinajstić information content (AvgIpc) is 3.52. The Morgan fingerprint density at radius 1 is 1.00 bits per heavy atom. The molecule has 1 aliphatic carbocycles. The minimum atomic E-state index is -4.61. The van der Waals surface area contributed by atoms with E-state index < -0.39 is 23.4 Å². The lowest BCUT2D eigenvalue weighted by molar-refractivity contribution is -0.136. The predicted octanol–water partition coefficient (Wildman–Crippen LogP) is 5.37. The third kappa shape index (κ3) is 4.00. The monoisotopic (exact) mass is 466 g/mol. The van der Waals surface area contributed by atoms with Gasteiger partial charge < -0.3 is 9.64 Å². The lowest BCUT2D eigenvalue weighted by atomic mass is 9.88. The molecule has 10 heteroatoms. The molecule has 0 radical (unpaired) electrons. The summed E-state index contributed by atoms with van der Waals surface area (Å²) < 4.78 is 77.5. The Morgan fingerprint density at radius 2 is 1.70 bits per heavy atom. The van der Waals surface area contributed by atoms with Gasteiger partial charge in [-0.2, -0.15) is 13.2 Å². The molecule has 0 atom stereocenters. The zero-order valence-corrected chi connectivity index (χ0v) is 18.0. The highest BCUT2D eigenvalue weighted by Crippen LogP contribution is 2.43. The van der Waals surface area contributed by atoms with Crippen molar-refractivity contribution in [3.8, 4) is 5.75 Å². The number of ether oxygens (including phenoxy) is 1. The largest absolute Gasteiger partial charge is 0.493 e. The topological polar surface area (TPSA) is 42.7 Å². The third-order valence-corrected chi connectivity index (χ3v) is 6.62. The number of aromatic nitrogens is 3. The van der Waals surface area contributed by atoms with Crippen LogP contribution in [0.1, 0.15) is 48.6 Å². The fraction of sp³-hybridized carbons (Fsp3) is 0.478. The van der Waals surface area contributed by atoms with Crippen LogP contribution in [0.3, 0.4) is 0 Å². The highest BCUT2D eigenvalue weighted by atomic mass is 19.4. The number of fused-ring (bicyclic) bond motifs is 1. The highest BCUT2D eigenvalue weighted by Gasteiger charge is 2.40. The number of halogens is 5. The van der Waals surface area contributed by atoms with E-state index in [4.69, 9.17) is 4.74 Å². The quantitative estimate of drug-likeness (QED) is 0.474. The first-order chi connectivity index (χ1) is 15.8. The van der Waals surface area contributed by atoms with E-state index in [1.807, 2.05) is 0 Å². The summed E-state index contributed by atoms with van der Waals surface area (Å²) in [4.78, 5) is 1.64. The molecule has 1 aromatic carbocycles. The fourth-order valence-corrected chi connectivity index (χ4v) is 4.79. The molecular weight excluding hydrogens is 443 g/mol. The van der Waals surface area contributed by atoms with E-state index in [1.54, 1.807) is 11.1 Å². The standard InChI is InChI=1S/C23H23F5N4O/c1-33-21-16(25)5-4-15(24)19(21)14-6-9-31(10-7-14)17-8-11-32-18(12-13-2-3-13)29-30-22(32)20(17)23(26,27)28/h4-5,8,11,13-14H,2-3,6-7,9-10,12H2,1H3. The van der Waals surface area contributed by atoms with E-state index >= 15 is 0 Å². The number of alkyl halides is 3. The van der Waals surface area contributed by atoms with Gasteiger partial charge in [0, 0.05) is 31.3 Å². The summed E-state index contributed by atoms with van der Waals surface area (Å²) in [5.41, 5.74) is -0.834. The zero-order chi connectivity index (χ0) is 23.3. The van der Waals surface area contributed by atoms with Crippen molar-refractivity contribution in [3.05, 3.63) is 53.0 Å². The van der Waals surface area contributed by atoms with Crippen molar-refractivity contribution in [2.24, 2.45) is 5.92 Å². The third-order valence-electron chi connectivity index (χ3n) is 6.62. The zero-order valence-electron chi connectivity index (χ0n) is 18.0. The molecule has 2 fully saturated rings. The summed E-state index contributed by atoms with van der Waals surface area (Å²) in [6.07, 6.45) is 0.437. The van der Waals surface area contributed by atoms with Crippen LogP contribution in [0.25, 0.3) is 5.65 Å². The van der Waals surface area contributed by atoms with Crippen LogP contribution < -0.4 is 9.64 Å². The Balaban J connectivity index is 1.45. The highest BCUT2D eigenvalue weighted by molar-refractivity contribution is 5.67. The Bertz CT molecular complexity index is 1180. The van der Waals surface area contributed by atoms with Crippen LogP contribution in [-0.4, -0.2) is 34.8 Å². The molecule has 1 saturated heterocycles. The van der Waals surface area contributed by atoms with Gasteiger partial charge in [0.05, 0.1) is 12.8 Å². The van der Waals surface area contributed by atoms with Gasteiger partial charge in [-0.1, -0.05) is 0 Å². The first-order valence-corrected chi connectivity index (χ1v) is 11.0. The first-order valence-electron chi connectivity index (χ1n) is 11.0. The van der Waals surface area contributed by atoms with Crippen LogP contribution in [-0.2, 0) is 12.6 Å². The summed E-state index contributed by atoms with van der Waals surface area (Å²) in [6, 6.07) is 3.52. The fourth-order valence-electron chi connectivity index (χ4n) is 4.79. The first kappa shape index (κ1) is 21.9. The molecule has 3 heterocycles. The molecule has 176 valence electrons. The van der Waals surface area contributed by atoms with Gasteiger partial charge in [0.2, 0.25) is 0 Å². The number of piperidine rings is 1. The van der Waals surface area contributed by atoms with Gasteiger partial charge >= 0.3 is 6.18 Å². The van der Waals surface area contributed by atoms with E-state index in [9.17, 15) is 22.0 Å². The van der Waals surface area contributed by atoms with Crippen molar-refractivity contribution in [1.82, 2.24) is 14.6 Å². The van der Waals surface area contributed by atoms with Crippen molar-refractivity contribution in [3.63, 3.8) is 0 Å². The SMILES string of the molecule is COc1c(F)ccc(F)c1C1CCN(c2ccn3c(CC4CC4)nnc3c2C(F)(F)F)CC1. The minimum absolute atomic E-state index is 0.0329. The number of rotatable bonds is 5. The van der Waals surface area contributed by atoms with E-state index in [2.05, 4.69) is 10.2 Å². The Labute approximate surface area is 187 Å². The summed E-state index contributed by atoms with van der Waals surface area (Å²) in [6.45, 7) is 0.512. The van der Waals surface area contributed by atoms with Gasteiger partial charge in [-0.05, 0) is 55.7 Å². The van der Waals surface area contributed by atoms with Crippen molar-refractivity contribution in [2.75, 3.05) is 25.1 Å². The van der Waals surface area contributed by atoms with Gasteiger partial charge in [-0.15, -0.1) is 10.2 Å². The van der Waals surface area contributed by atoms with Gasteiger partial charge in [0.15, 0.2) is 17.2 Å². The van der Waals surface area contributed by atoms with Crippen LogP contribution in [0.2, 0.25) is 0 Å². The van der Waals surface area contributed by atoms with Gasteiger partial charge in [-0.25, -0.2) is 8.78 Å². The summed E-state index contributed by atoms with van der Waals surface area (Å²) >= 11 is 0. The molecule has 0 N–H and O–H groups in total. The number of methoxy groups -OCH3 is 1. The molecule has 3 aromatic rings. The molecule has 2 aliphatic rings. The van der Waals surface area contributed by atoms with Crippen LogP contribution in [0, 0.1) is 17.6 Å². The average molecular weight is 466 g/mol. The van der Waals surface area contributed by atoms with E-state index in [1.165, 1.54) is 17.6 Å². The molecule has 0 unspecified atom stereocenters. The second-order valence-electron chi connectivity index (χ2n) is 8.77. The van der Waals surface area contributed by atoms with E-state index in [0.717, 1.165) is 25.0 Å². The van der Waals surface area contributed by atoms with Gasteiger partial charge in [-0.3, -0.25) is 4.40 Å². The lowest BCUT2D eigenvalue weighted by Crippen LogP contribution is -2.35. The molecule has 33 heavy (non-hydrogen) atoms. The predicted molar refractivity (Wildman–Crippen MR) is 112 cm³/mol. The maximum absolute atomic E-state index is 14.5. The molecule has 2 aromatic heterocycles. The van der Waals surface area contributed by atoms with Crippen LogP contribution >= 0.6 is 0 Å². The van der Waals surface area contributed by atoms with Crippen LogP contribution in [0.4, 0.5) is 27.6 Å². The Morgan fingerprint density at radius 3 is 2.33 bits per heavy atom. The molecule has 0 bridgehead atoms. The number of anilines is 1. The second-order valence-corrected chi connectivity index (χ2v) is 8.77. The van der Waals surface area contributed by atoms with Crippen molar-refractivity contribution < 1.29 is 26.7 Å². The maximum Gasteiger partial charge on any atom is 0.422 e. The minimum Gasteiger partial charge on any atom is -0.493 e. The van der Waals surface area contributed by atoms with Crippen molar-refractivity contribution in [1.29, 1.82) is 0 Å². The molecule has 1 aliphatic heterocycles. The number of pyridine rings is 1. The van der Waals surface area contributed by atoms with E-state index in [0.29, 0.717) is 31.0 Å². The van der Waals surface area contributed by atoms with Crippen LogP contribution in [0.15, 0.2) is 24.4 Å². The molecule has 0 amide bonds. The molecular formula is C23H23F5N4O. The summed E-state index contributed by atoms with van der Waals surface area (Å²) in [5.74, 6) is -0.728. The van der Waals surface area contributed by atoms with Gasteiger partial charge in [0.25, 0.3) is 0 Å². The maximum atomic E-state index is 14.5. The summed E-state index contributed by atoms with van der Waals surface area (Å²) in [7, 11) is 1.28. The molecule has 0 spiro atoms. The van der Waals surface area contributed by atoms with Crippen molar-refractivity contribution >= 4 is 11.3 Å². The summed E-state index contributed by atoms with van der Waals surface area (Å²) in [5, 5.41) is 7.91. The Hall–Kier alpha value is -2.91. The number of nitrogens with zero attached hydrogens (tertiary/aromatic N) is 4. The van der Waals surface area contributed by atoms with Crippen molar-refractivity contribution in [2.45, 2.75) is 44.2 Å². The molecule has 1 saturated carbocycles. The second kappa shape index (κ2) is 8.14.